The summed E-state index contributed by atoms with van der Waals surface area (Å²) in [6, 6.07) is 17.9. The van der Waals surface area contributed by atoms with Crippen molar-refractivity contribution in [3.63, 3.8) is 0 Å². The van der Waals surface area contributed by atoms with Crippen molar-refractivity contribution in [1.29, 1.82) is 0 Å². The van der Waals surface area contributed by atoms with Gasteiger partial charge in [-0.1, -0.05) is 30.3 Å². The van der Waals surface area contributed by atoms with Crippen molar-refractivity contribution in [3.8, 4) is 11.5 Å². The van der Waals surface area contributed by atoms with Gasteiger partial charge in [0.1, 0.15) is 11.5 Å². The van der Waals surface area contributed by atoms with Gasteiger partial charge < -0.3 is 19.3 Å². The zero-order valence-electron chi connectivity index (χ0n) is 23.3. The van der Waals surface area contributed by atoms with Gasteiger partial charge in [-0.3, -0.25) is 9.98 Å². The van der Waals surface area contributed by atoms with Crippen LogP contribution in [-0.2, 0) is 13.1 Å². The maximum Gasteiger partial charge on any atom is 0.169 e. The standard InChI is InChI=1S/C32H37FN4O2/c1-36(20-24-14-12-22(18-30(24)38-3)26-8-6-16-34-26)28-10-5-11-29(32(28)33)37(2)21-25-15-13-23(19-31(25)39-4)27-9-7-17-35-27/h5,10-15,18-19H,6-9,16-17,20-21H2,1-4H3. The Morgan fingerprint density at radius 1 is 0.718 bits per heavy atom. The molecular formula is C32H37FN4O2. The summed E-state index contributed by atoms with van der Waals surface area (Å²) in [6.07, 6.45) is 4.19. The number of rotatable bonds is 10. The second-order valence-electron chi connectivity index (χ2n) is 10.2. The van der Waals surface area contributed by atoms with Crippen LogP contribution < -0.4 is 19.3 Å². The Hall–Kier alpha value is -3.87. The van der Waals surface area contributed by atoms with Crippen LogP contribution in [0.15, 0.2) is 64.6 Å². The van der Waals surface area contributed by atoms with E-state index in [1.54, 1.807) is 14.2 Å². The highest BCUT2D eigenvalue weighted by atomic mass is 19.1. The second-order valence-corrected chi connectivity index (χ2v) is 10.2. The van der Waals surface area contributed by atoms with Crippen molar-refractivity contribution < 1.29 is 13.9 Å². The van der Waals surface area contributed by atoms with E-state index in [1.807, 2.05) is 54.2 Å². The molecule has 3 aromatic rings. The van der Waals surface area contributed by atoms with Gasteiger partial charge >= 0.3 is 0 Å². The summed E-state index contributed by atoms with van der Waals surface area (Å²) < 4.78 is 27.3. The number of benzene rings is 3. The van der Waals surface area contributed by atoms with Crippen molar-refractivity contribution in [2.24, 2.45) is 9.98 Å². The molecule has 2 aliphatic rings. The molecule has 0 aliphatic carbocycles. The average Bonchev–Trinajstić information content (AvgIpc) is 3.69. The minimum absolute atomic E-state index is 0.255. The first kappa shape index (κ1) is 26.7. The highest BCUT2D eigenvalue weighted by Gasteiger charge is 2.19. The first-order valence-corrected chi connectivity index (χ1v) is 13.6. The smallest absolute Gasteiger partial charge is 0.169 e. The molecule has 5 rings (SSSR count). The van der Waals surface area contributed by atoms with Gasteiger partial charge in [-0.2, -0.15) is 0 Å². The number of ether oxygens (including phenoxy) is 2. The van der Waals surface area contributed by atoms with Crippen LogP contribution in [-0.4, -0.2) is 52.8 Å². The van der Waals surface area contributed by atoms with Gasteiger partial charge in [0, 0.05) is 62.8 Å². The summed E-state index contributed by atoms with van der Waals surface area (Å²) in [5, 5.41) is 0. The van der Waals surface area contributed by atoms with Gasteiger partial charge in [0.2, 0.25) is 0 Å². The maximum absolute atomic E-state index is 15.9. The van der Waals surface area contributed by atoms with Crippen LogP contribution in [0, 0.1) is 5.82 Å². The Morgan fingerprint density at radius 2 is 1.18 bits per heavy atom. The van der Waals surface area contributed by atoms with Crippen LogP contribution in [0.3, 0.4) is 0 Å². The average molecular weight is 529 g/mol. The number of halogens is 1. The predicted octanol–water partition coefficient (Wildman–Crippen LogP) is 6.28. The summed E-state index contributed by atoms with van der Waals surface area (Å²) in [5.41, 5.74) is 7.53. The Morgan fingerprint density at radius 3 is 1.56 bits per heavy atom. The molecule has 2 heterocycles. The number of nitrogens with zero attached hydrogens (tertiary/aromatic N) is 4. The van der Waals surface area contributed by atoms with E-state index in [-0.39, 0.29) is 5.82 Å². The lowest BCUT2D eigenvalue weighted by atomic mass is 10.0. The van der Waals surface area contributed by atoms with E-state index in [9.17, 15) is 0 Å². The summed E-state index contributed by atoms with van der Waals surface area (Å²) in [6.45, 7) is 2.80. The molecule has 6 nitrogen and oxygen atoms in total. The molecular weight excluding hydrogens is 491 g/mol. The number of hydrogen-bond donors (Lipinski definition) is 0. The number of aliphatic imine (C=N–C) groups is 2. The molecule has 39 heavy (non-hydrogen) atoms. The number of anilines is 2. The van der Waals surface area contributed by atoms with Crippen molar-refractivity contribution >= 4 is 22.8 Å². The quantitative estimate of drug-likeness (QED) is 0.311. The third-order valence-electron chi connectivity index (χ3n) is 7.58. The van der Waals surface area contributed by atoms with Crippen LogP contribution in [0.5, 0.6) is 11.5 Å². The van der Waals surface area contributed by atoms with Crippen molar-refractivity contribution in [2.75, 3.05) is 51.2 Å². The minimum Gasteiger partial charge on any atom is -0.496 e. The summed E-state index contributed by atoms with van der Waals surface area (Å²) >= 11 is 0. The summed E-state index contributed by atoms with van der Waals surface area (Å²) in [4.78, 5) is 13.1. The lowest BCUT2D eigenvalue weighted by Crippen LogP contribution is -2.22. The minimum atomic E-state index is -0.255. The van der Waals surface area contributed by atoms with Gasteiger partial charge in [-0.25, -0.2) is 4.39 Å². The highest BCUT2D eigenvalue weighted by Crippen LogP contribution is 2.32. The van der Waals surface area contributed by atoms with Crippen LogP contribution in [0.4, 0.5) is 15.8 Å². The molecule has 2 aliphatic heterocycles. The van der Waals surface area contributed by atoms with E-state index in [1.165, 1.54) is 0 Å². The largest absolute Gasteiger partial charge is 0.496 e. The fourth-order valence-corrected chi connectivity index (χ4v) is 5.44. The van der Waals surface area contributed by atoms with E-state index in [0.29, 0.717) is 24.5 Å². The zero-order valence-corrected chi connectivity index (χ0v) is 23.3. The molecule has 0 saturated heterocycles. The van der Waals surface area contributed by atoms with Crippen LogP contribution in [0.25, 0.3) is 0 Å². The first-order chi connectivity index (χ1) is 19.0. The molecule has 3 aromatic carbocycles. The van der Waals surface area contributed by atoms with Crippen LogP contribution in [0.2, 0.25) is 0 Å². The van der Waals surface area contributed by atoms with E-state index < -0.39 is 0 Å². The van der Waals surface area contributed by atoms with Gasteiger partial charge in [0.25, 0.3) is 0 Å². The molecule has 0 N–H and O–H groups in total. The van der Waals surface area contributed by atoms with Crippen LogP contribution >= 0.6 is 0 Å². The fourth-order valence-electron chi connectivity index (χ4n) is 5.44. The topological polar surface area (TPSA) is 49.7 Å². The fraction of sp³-hybridized carbons (Fsp3) is 0.375. The molecule has 0 atom stereocenters. The Balaban J connectivity index is 1.33. The molecule has 7 heteroatoms. The van der Waals surface area contributed by atoms with Crippen LogP contribution in [0.1, 0.15) is 47.9 Å². The lowest BCUT2D eigenvalue weighted by molar-refractivity contribution is 0.409. The number of methoxy groups -OCH3 is 2. The molecule has 0 saturated carbocycles. The lowest BCUT2D eigenvalue weighted by Gasteiger charge is -2.26. The molecule has 0 radical (unpaired) electrons. The molecule has 0 amide bonds. The first-order valence-electron chi connectivity index (χ1n) is 13.6. The second kappa shape index (κ2) is 11.9. The normalized spacial score (nSPS) is 14.7. The van der Waals surface area contributed by atoms with Gasteiger partial charge in [0.15, 0.2) is 5.82 Å². The third kappa shape index (κ3) is 5.77. The molecule has 0 fully saturated rings. The van der Waals surface area contributed by atoms with Crippen molar-refractivity contribution in [2.45, 2.75) is 38.8 Å². The predicted molar refractivity (Wildman–Crippen MR) is 158 cm³/mol. The SMILES string of the molecule is COc1cc(C2=NCCC2)ccc1CN(C)c1cccc(N(C)Cc2ccc(C3=NCCC3)cc2OC)c1F. The summed E-state index contributed by atoms with van der Waals surface area (Å²) in [7, 11) is 7.17. The van der Waals surface area contributed by atoms with Gasteiger partial charge in [-0.05, 0) is 61.1 Å². The number of hydrogen-bond acceptors (Lipinski definition) is 6. The van der Waals surface area contributed by atoms with Gasteiger partial charge in [-0.15, -0.1) is 0 Å². The maximum atomic E-state index is 15.9. The van der Waals surface area contributed by atoms with E-state index in [0.717, 1.165) is 83.9 Å². The van der Waals surface area contributed by atoms with E-state index in [4.69, 9.17) is 9.47 Å². The Labute approximate surface area is 230 Å². The van der Waals surface area contributed by atoms with Crippen molar-refractivity contribution in [3.05, 3.63) is 82.7 Å². The van der Waals surface area contributed by atoms with E-state index in [2.05, 4.69) is 34.3 Å². The zero-order chi connectivity index (χ0) is 27.4. The Bertz CT molecular complexity index is 1300. The molecule has 0 spiro atoms. The molecule has 0 bridgehead atoms. The summed E-state index contributed by atoms with van der Waals surface area (Å²) in [5.74, 6) is 1.33. The third-order valence-corrected chi connectivity index (χ3v) is 7.58. The molecule has 204 valence electrons. The monoisotopic (exact) mass is 528 g/mol. The highest BCUT2D eigenvalue weighted by molar-refractivity contribution is 6.02. The Kier molecular flexibility index (Phi) is 8.15. The van der Waals surface area contributed by atoms with Gasteiger partial charge in [0.05, 0.1) is 25.6 Å². The molecule has 0 aromatic heterocycles. The van der Waals surface area contributed by atoms with E-state index >= 15 is 4.39 Å². The van der Waals surface area contributed by atoms with Crippen molar-refractivity contribution in [1.82, 2.24) is 0 Å². The molecule has 0 unspecified atom stereocenters.